The van der Waals surface area contributed by atoms with Crippen molar-refractivity contribution in [3.63, 3.8) is 0 Å². The van der Waals surface area contributed by atoms with Gasteiger partial charge in [0, 0.05) is 13.1 Å². The first-order valence-electron chi connectivity index (χ1n) is 13.6. The van der Waals surface area contributed by atoms with Gasteiger partial charge in [0.2, 0.25) is 11.8 Å². The summed E-state index contributed by atoms with van der Waals surface area (Å²) in [5.74, 6) is -0.218. The van der Waals surface area contributed by atoms with Gasteiger partial charge >= 0.3 is 0 Å². The number of para-hydroxylation sites is 1. The molecule has 0 saturated heterocycles. The Morgan fingerprint density at radius 1 is 0.950 bits per heavy atom. The van der Waals surface area contributed by atoms with Crippen LogP contribution < -0.4 is 14.4 Å². The van der Waals surface area contributed by atoms with E-state index in [-0.39, 0.29) is 17.3 Å². The number of carbonyl (C=O) groups is 2. The fourth-order valence-corrected chi connectivity index (χ4v) is 5.66. The van der Waals surface area contributed by atoms with E-state index in [1.54, 1.807) is 49.4 Å². The molecule has 1 atom stereocenters. The Kier molecular flexibility index (Phi) is 11.1. The molecule has 3 aromatic carbocycles. The van der Waals surface area contributed by atoms with E-state index in [1.165, 1.54) is 17.0 Å². The molecular weight excluding hydrogens is 526 g/mol. The fraction of sp³-hybridized carbons (Fsp3) is 0.355. The fourth-order valence-electron chi connectivity index (χ4n) is 4.25. The third-order valence-electron chi connectivity index (χ3n) is 6.48. The number of rotatable bonds is 14. The van der Waals surface area contributed by atoms with E-state index in [2.05, 4.69) is 5.32 Å². The van der Waals surface area contributed by atoms with Gasteiger partial charge in [-0.25, -0.2) is 8.42 Å². The second-order valence-corrected chi connectivity index (χ2v) is 11.4. The van der Waals surface area contributed by atoms with Crippen molar-refractivity contribution in [1.29, 1.82) is 0 Å². The van der Waals surface area contributed by atoms with E-state index in [0.717, 1.165) is 28.3 Å². The second kappa shape index (κ2) is 14.5. The molecule has 0 bridgehead atoms. The van der Waals surface area contributed by atoms with Gasteiger partial charge in [0.15, 0.2) is 0 Å². The summed E-state index contributed by atoms with van der Waals surface area (Å²) in [5.41, 5.74) is 2.22. The van der Waals surface area contributed by atoms with E-state index in [1.807, 2.05) is 45.0 Å². The Hall–Kier alpha value is -3.85. The summed E-state index contributed by atoms with van der Waals surface area (Å²) in [6, 6.07) is 21.5. The van der Waals surface area contributed by atoms with Crippen LogP contribution in [0.25, 0.3) is 0 Å². The molecule has 8 nitrogen and oxygen atoms in total. The lowest BCUT2D eigenvalue weighted by molar-refractivity contribution is -0.139. The predicted octanol–water partition coefficient (Wildman–Crippen LogP) is 4.92. The molecule has 1 N–H and O–H groups in total. The van der Waals surface area contributed by atoms with Crippen molar-refractivity contribution in [2.45, 2.75) is 58.0 Å². The maximum absolute atomic E-state index is 13.9. The molecule has 0 aliphatic carbocycles. The second-order valence-electron chi connectivity index (χ2n) is 9.58. The molecule has 3 aromatic rings. The van der Waals surface area contributed by atoms with E-state index in [4.69, 9.17) is 4.74 Å². The van der Waals surface area contributed by atoms with Crippen LogP contribution in [0.2, 0.25) is 0 Å². The summed E-state index contributed by atoms with van der Waals surface area (Å²) >= 11 is 0. The van der Waals surface area contributed by atoms with Crippen LogP contribution in [0.1, 0.15) is 44.7 Å². The largest absolute Gasteiger partial charge is 0.494 e. The maximum atomic E-state index is 13.9. The van der Waals surface area contributed by atoms with Crippen LogP contribution in [0.3, 0.4) is 0 Å². The van der Waals surface area contributed by atoms with Crippen molar-refractivity contribution >= 4 is 27.5 Å². The highest BCUT2D eigenvalue weighted by atomic mass is 32.2. The van der Waals surface area contributed by atoms with Gasteiger partial charge in [-0.15, -0.1) is 0 Å². The Balaban J connectivity index is 1.97. The first-order chi connectivity index (χ1) is 19.2. The van der Waals surface area contributed by atoms with Crippen molar-refractivity contribution in [2.75, 3.05) is 24.0 Å². The zero-order valence-corrected chi connectivity index (χ0v) is 24.5. The van der Waals surface area contributed by atoms with Gasteiger partial charge in [0.1, 0.15) is 18.3 Å². The Bertz CT molecular complexity index is 1360. The highest BCUT2D eigenvalue weighted by Crippen LogP contribution is 2.26. The van der Waals surface area contributed by atoms with Gasteiger partial charge in [-0.1, -0.05) is 61.4 Å². The third-order valence-corrected chi connectivity index (χ3v) is 8.27. The van der Waals surface area contributed by atoms with E-state index >= 15 is 0 Å². The normalized spacial score (nSPS) is 11.9. The van der Waals surface area contributed by atoms with Crippen LogP contribution in [-0.2, 0) is 26.2 Å². The summed E-state index contributed by atoms with van der Waals surface area (Å²) in [6.45, 7) is 8.16. The van der Waals surface area contributed by atoms with Crippen molar-refractivity contribution < 1.29 is 22.7 Å². The van der Waals surface area contributed by atoms with Crippen LogP contribution in [0.4, 0.5) is 5.69 Å². The maximum Gasteiger partial charge on any atom is 0.264 e. The number of anilines is 1. The Morgan fingerprint density at radius 3 is 2.27 bits per heavy atom. The lowest BCUT2D eigenvalue weighted by Gasteiger charge is -2.32. The molecule has 3 rings (SSSR count). The number of benzene rings is 3. The quantitative estimate of drug-likeness (QED) is 0.280. The number of aryl methyl sites for hydroxylation is 1. The summed E-state index contributed by atoms with van der Waals surface area (Å²) in [4.78, 5) is 28.4. The molecule has 40 heavy (non-hydrogen) atoms. The number of hydrogen-bond acceptors (Lipinski definition) is 5. The molecule has 0 unspecified atom stereocenters. The van der Waals surface area contributed by atoms with E-state index in [9.17, 15) is 18.0 Å². The van der Waals surface area contributed by atoms with Gasteiger partial charge < -0.3 is 15.0 Å². The van der Waals surface area contributed by atoms with Crippen molar-refractivity contribution in [2.24, 2.45) is 0 Å². The molecular formula is C31H39N3O5S. The van der Waals surface area contributed by atoms with E-state index < -0.39 is 28.5 Å². The smallest absolute Gasteiger partial charge is 0.264 e. The molecule has 0 aromatic heterocycles. The molecule has 0 aliphatic heterocycles. The van der Waals surface area contributed by atoms with Gasteiger partial charge in [-0.3, -0.25) is 13.9 Å². The number of nitrogens with one attached hydrogen (secondary N) is 1. The summed E-state index contributed by atoms with van der Waals surface area (Å²) in [7, 11) is -4.13. The molecule has 0 fully saturated rings. The number of carbonyl (C=O) groups excluding carboxylic acids is 2. The topological polar surface area (TPSA) is 96.0 Å². The van der Waals surface area contributed by atoms with Crippen LogP contribution >= 0.6 is 0 Å². The average Bonchev–Trinajstić information content (AvgIpc) is 2.95. The minimum absolute atomic E-state index is 0.0307. The van der Waals surface area contributed by atoms with Gasteiger partial charge in [0.05, 0.1) is 17.2 Å². The molecule has 0 saturated carbocycles. The SMILES string of the molecule is CCCCNC(=O)[C@@H](C)N(Cc1cccc(C)c1)C(=O)CN(c1ccccc1)S(=O)(=O)c1ccc(OCC)cc1. The zero-order chi connectivity index (χ0) is 29.1. The minimum Gasteiger partial charge on any atom is -0.494 e. The standard InChI is InChI=1S/C31H39N3O5S/c1-5-7-20-32-31(36)25(4)33(22-26-13-11-12-24(3)21-26)30(35)23-34(27-14-9-8-10-15-27)40(37,38)29-18-16-28(17-19-29)39-6-2/h8-19,21,25H,5-7,20,22-23H2,1-4H3,(H,32,36)/t25-/m1/s1. The average molecular weight is 566 g/mol. The van der Waals surface area contributed by atoms with Crippen LogP contribution in [0, 0.1) is 6.92 Å². The zero-order valence-electron chi connectivity index (χ0n) is 23.7. The molecule has 0 heterocycles. The van der Waals surface area contributed by atoms with Crippen molar-refractivity contribution in [3.8, 4) is 5.75 Å². The van der Waals surface area contributed by atoms with Gasteiger partial charge in [0.25, 0.3) is 10.0 Å². The molecule has 0 radical (unpaired) electrons. The number of hydrogen-bond donors (Lipinski definition) is 1. The number of unbranched alkanes of at least 4 members (excludes halogenated alkanes) is 1. The predicted molar refractivity (Wildman–Crippen MR) is 158 cm³/mol. The van der Waals surface area contributed by atoms with Crippen LogP contribution in [0.15, 0.2) is 83.8 Å². The first kappa shape index (κ1) is 30.7. The molecule has 214 valence electrons. The Labute approximate surface area is 238 Å². The van der Waals surface area contributed by atoms with Crippen LogP contribution in [0.5, 0.6) is 5.75 Å². The van der Waals surface area contributed by atoms with Gasteiger partial charge in [-0.2, -0.15) is 0 Å². The van der Waals surface area contributed by atoms with E-state index in [0.29, 0.717) is 24.6 Å². The molecule has 0 aliphatic rings. The van der Waals surface area contributed by atoms with Crippen molar-refractivity contribution in [3.05, 3.63) is 90.0 Å². The monoisotopic (exact) mass is 565 g/mol. The molecule has 9 heteroatoms. The molecule has 0 spiro atoms. The number of nitrogens with zero attached hydrogens (tertiary/aromatic N) is 2. The summed E-state index contributed by atoms with van der Waals surface area (Å²) in [6.07, 6.45) is 1.75. The highest BCUT2D eigenvalue weighted by molar-refractivity contribution is 7.92. The molecule has 2 amide bonds. The van der Waals surface area contributed by atoms with Crippen LogP contribution in [-0.4, -0.2) is 50.9 Å². The number of amides is 2. The summed E-state index contributed by atoms with van der Waals surface area (Å²) in [5, 5.41) is 2.90. The van der Waals surface area contributed by atoms with Crippen molar-refractivity contribution in [1.82, 2.24) is 10.2 Å². The number of ether oxygens (including phenoxy) is 1. The lowest BCUT2D eigenvalue weighted by atomic mass is 10.1. The summed E-state index contributed by atoms with van der Waals surface area (Å²) < 4.78 is 34.3. The van der Waals surface area contributed by atoms with Gasteiger partial charge in [-0.05, 0) is 69.2 Å². The number of sulfonamides is 1. The Morgan fingerprint density at radius 2 is 1.65 bits per heavy atom. The third kappa shape index (κ3) is 8.08. The lowest BCUT2D eigenvalue weighted by Crippen LogP contribution is -2.51. The minimum atomic E-state index is -4.13. The first-order valence-corrected chi connectivity index (χ1v) is 15.0. The highest BCUT2D eigenvalue weighted by Gasteiger charge is 2.32.